The zero-order chi connectivity index (χ0) is 36.3. The van der Waals surface area contributed by atoms with E-state index >= 15 is 0 Å². The molecule has 9 nitrogen and oxygen atoms in total. The van der Waals surface area contributed by atoms with Crippen molar-refractivity contribution in [2.45, 2.75) is 26.8 Å². The van der Waals surface area contributed by atoms with Gasteiger partial charge in [-0.2, -0.15) is 0 Å². The van der Waals surface area contributed by atoms with Gasteiger partial charge in [0.05, 0.1) is 50.5 Å². The molecule has 2 unspecified atom stereocenters. The molecule has 0 bridgehead atoms. The Morgan fingerprint density at radius 1 is 0.426 bits per heavy atom. The van der Waals surface area contributed by atoms with Gasteiger partial charge >= 0.3 is 0 Å². The minimum atomic E-state index is -0.00542. The van der Waals surface area contributed by atoms with Gasteiger partial charge < -0.3 is 4.57 Å². The van der Waals surface area contributed by atoms with Crippen molar-refractivity contribution in [3.63, 3.8) is 0 Å². The normalized spacial score (nSPS) is 15.5. The van der Waals surface area contributed by atoms with Crippen LogP contribution in [0, 0.1) is 19.8 Å². The maximum absolute atomic E-state index is 5.29. The first-order valence-corrected chi connectivity index (χ1v) is 18.2. The first-order valence-electron chi connectivity index (χ1n) is 18.2. The molecule has 0 saturated heterocycles. The molecule has 0 amide bonds. The highest BCUT2D eigenvalue weighted by molar-refractivity contribution is 5.85. The lowest BCUT2D eigenvalue weighted by molar-refractivity contribution is 0.499. The second kappa shape index (κ2) is 12.6. The summed E-state index contributed by atoms with van der Waals surface area (Å²) in [6, 6.07) is 41.2. The number of fused-ring (bicyclic) bond motifs is 3. The summed E-state index contributed by atoms with van der Waals surface area (Å²) in [5, 5.41) is 0. The van der Waals surface area contributed by atoms with Gasteiger partial charge in [0, 0.05) is 0 Å². The standard InChI is InChI=1S/C45H35N9/c1-28-16-4-10-22-34(28)52-37-25-13-7-19-31(37)46-43(52)40-49-41(44-47-32-20-8-14-26-38(32)53(44)35-23-11-5-17-29(35)2)51-42(50-40)45-48-33-21-9-15-27-39(33)54(45)36-24-12-6-18-30(36)3/h4-28,34H,1-3H3. The molecule has 54 heavy (non-hydrogen) atoms. The van der Waals surface area contributed by atoms with E-state index in [0.717, 1.165) is 55.6 Å². The van der Waals surface area contributed by atoms with E-state index < -0.39 is 0 Å². The quantitative estimate of drug-likeness (QED) is 0.171. The lowest BCUT2D eigenvalue weighted by Gasteiger charge is -2.24. The van der Waals surface area contributed by atoms with Gasteiger partial charge in [-0.25, -0.2) is 29.9 Å². The summed E-state index contributed by atoms with van der Waals surface area (Å²) in [7, 11) is 0. The summed E-state index contributed by atoms with van der Waals surface area (Å²) >= 11 is 0. The van der Waals surface area contributed by atoms with Gasteiger partial charge in [-0.15, -0.1) is 0 Å². The van der Waals surface area contributed by atoms with Gasteiger partial charge in [0.25, 0.3) is 0 Å². The molecule has 0 saturated carbocycles. The van der Waals surface area contributed by atoms with Gasteiger partial charge in [-0.3, -0.25) is 9.13 Å². The molecule has 4 aromatic heterocycles. The van der Waals surface area contributed by atoms with Crippen molar-refractivity contribution in [1.82, 2.24) is 43.6 Å². The van der Waals surface area contributed by atoms with Crippen LogP contribution in [0.1, 0.15) is 24.1 Å². The first kappa shape index (κ1) is 31.7. The van der Waals surface area contributed by atoms with Crippen LogP contribution < -0.4 is 0 Å². The van der Waals surface area contributed by atoms with E-state index in [4.69, 9.17) is 29.9 Å². The van der Waals surface area contributed by atoms with Gasteiger partial charge in [0.1, 0.15) is 0 Å². The van der Waals surface area contributed by atoms with Crippen LogP contribution in [0.3, 0.4) is 0 Å². The Bertz CT molecular complexity index is 2820. The molecule has 0 aliphatic heterocycles. The van der Waals surface area contributed by atoms with Gasteiger partial charge in [0.15, 0.2) is 23.3 Å². The molecular formula is C45H35N9. The summed E-state index contributed by atoms with van der Waals surface area (Å²) in [6.45, 7) is 6.44. The minimum Gasteiger partial charge on any atom is -0.314 e. The third-order valence-electron chi connectivity index (χ3n) is 10.3. The monoisotopic (exact) mass is 701 g/mol. The molecule has 1 aliphatic carbocycles. The number of hydrogen-bond donors (Lipinski definition) is 0. The third kappa shape index (κ3) is 5.08. The Hall–Kier alpha value is -7.00. The van der Waals surface area contributed by atoms with Gasteiger partial charge in [-0.1, -0.05) is 104 Å². The highest BCUT2D eigenvalue weighted by Crippen LogP contribution is 2.37. The molecule has 0 radical (unpaired) electrons. The Labute approximate surface area is 311 Å². The van der Waals surface area contributed by atoms with Crippen molar-refractivity contribution in [3.8, 4) is 46.3 Å². The van der Waals surface area contributed by atoms with Crippen molar-refractivity contribution in [1.29, 1.82) is 0 Å². The number of rotatable bonds is 6. The second-order valence-corrected chi connectivity index (χ2v) is 13.8. The zero-order valence-corrected chi connectivity index (χ0v) is 30.0. The molecule has 10 rings (SSSR count). The average Bonchev–Trinajstić information content (AvgIpc) is 3.91. The lowest BCUT2D eigenvalue weighted by Crippen LogP contribution is -2.17. The number of aryl methyl sites for hydroxylation is 2. The van der Waals surface area contributed by atoms with E-state index in [1.807, 2.05) is 72.8 Å². The van der Waals surface area contributed by atoms with Crippen LogP contribution in [0.25, 0.3) is 79.4 Å². The van der Waals surface area contributed by atoms with Crippen LogP contribution in [-0.2, 0) is 0 Å². The van der Waals surface area contributed by atoms with Crippen molar-refractivity contribution >= 4 is 33.1 Å². The summed E-state index contributed by atoms with van der Waals surface area (Å²) in [6.07, 6.45) is 8.65. The number of para-hydroxylation sites is 8. The van der Waals surface area contributed by atoms with E-state index in [0.29, 0.717) is 34.9 Å². The minimum absolute atomic E-state index is 0.00542. The molecule has 0 fully saturated rings. The Kier molecular flexibility index (Phi) is 7.40. The zero-order valence-electron chi connectivity index (χ0n) is 30.0. The van der Waals surface area contributed by atoms with Crippen LogP contribution >= 0.6 is 0 Å². The van der Waals surface area contributed by atoms with Crippen LogP contribution in [0.15, 0.2) is 146 Å². The van der Waals surface area contributed by atoms with Crippen LogP contribution in [-0.4, -0.2) is 43.6 Å². The fourth-order valence-corrected chi connectivity index (χ4v) is 7.68. The molecular weight excluding hydrogens is 667 g/mol. The highest BCUT2D eigenvalue weighted by atomic mass is 15.2. The summed E-state index contributed by atoms with van der Waals surface area (Å²) < 4.78 is 6.56. The summed E-state index contributed by atoms with van der Waals surface area (Å²) in [5.41, 5.74) is 9.66. The molecule has 0 spiro atoms. The molecule has 4 heterocycles. The highest BCUT2D eigenvalue weighted by Gasteiger charge is 2.28. The number of nitrogens with zero attached hydrogens (tertiary/aromatic N) is 9. The maximum atomic E-state index is 5.29. The first-order chi connectivity index (χ1) is 26.5. The molecule has 5 aromatic carbocycles. The van der Waals surface area contributed by atoms with E-state index in [-0.39, 0.29) is 12.0 Å². The average molecular weight is 702 g/mol. The smallest absolute Gasteiger partial charge is 0.200 e. The Morgan fingerprint density at radius 3 is 1.35 bits per heavy atom. The topological polar surface area (TPSA) is 92.1 Å². The maximum Gasteiger partial charge on any atom is 0.200 e. The van der Waals surface area contributed by atoms with E-state index in [1.165, 1.54) is 0 Å². The van der Waals surface area contributed by atoms with E-state index in [1.54, 1.807) is 0 Å². The van der Waals surface area contributed by atoms with Crippen molar-refractivity contribution < 1.29 is 0 Å². The van der Waals surface area contributed by atoms with Crippen molar-refractivity contribution in [2.24, 2.45) is 5.92 Å². The Morgan fingerprint density at radius 2 is 0.833 bits per heavy atom. The SMILES string of the molecule is Cc1ccccc1-n1c(-c2nc(-c3nc4ccccc4n3-c3ccccc3C)nc(-c3nc4ccccc4n3C3C=CC=CC3C)n2)nc2ccccc21. The Balaban J connectivity index is 1.31. The molecule has 260 valence electrons. The fraction of sp³-hybridized carbons (Fsp3) is 0.111. The summed E-state index contributed by atoms with van der Waals surface area (Å²) in [5.74, 6) is 3.34. The van der Waals surface area contributed by atoms with Crippen LogP contribution in [0.5, 0.6) is 0 Å². The number of imidazole rings is 3. The number of allylic oxidation sites excluding steroid dienone is 4. The molecule has 1 aliphatic rings. The molecule has 0 N–H and O–H groups in total. The van der Waals surface area contributed by atoms with E-state index in [2.05, 4.69) is 107 Å². The molecule has 9 heteroatoms. The van der Waals surface area contributed by atoms with Crippen LogP contribution in [0.2, 0.25) is 0 Å². The number of hydrogen-bond acceptors (Lipinski definition) is 6. The van der Waals surface area contributed by atoms with Gasteiger partial charge in [-0.05, 0) is 79.4 Å². The largest absolute Gasteiger partial charge is 0.314 e. The predicted molar refractivity (Wildman–Crippen MR) is 215 cm³/mol. The second-order valence-electron chi connectivity index (χ2n) is 13.8. The van der Waals surface area contributed by atoms with Crippen molar-refractivity contribution in [2.75, 3.05) is 0 Å². The predicted octanol–water partition coefficient (Wildman–Crippen LogP) is 9.82. The lowest BCUT2D eigenvalue weighted by atomic mass is 9.96. The number of aromatic nitrogens is 9. The van der Waals surface area contributed by atoms with Crippen molar-refractivity contribution in [3.05, 3.63) is 157 Å². The number of benzene rings is 5. The summed E-state index contributed by atoms with van der Waals surface area (Å²) in [4.78, 5) is 31.5. The third-order valence-corrected chi connectivity index (χ3v) is 10.3. The van der Waals surface area contributed by atoms with Gasteiger partial charge in [0.2, 0.25) is 11.6 Å². The van der Waals surface area contributed by atoms with E-state index in [9.17, 15) is 0 Å². The molecule has 9 aromatic rings. The molecule has 2 atom stereocenters. The van der Waals surface area contributed by atoms with Crippen LogP contribution in [0.4, 0.5) is 0 Å². The fourth-order valence-electron chi connectivity index (χ4n) is 7.68.